The molecule has 2 unspecified atom stereocenters. The van der Waals surface area contributed by atoms with E-state index in [2.05, 4.69) is 18.2 Å². The quantitative estimate of drug-likeness (QED) is 0.885. The van der Waals surface area contributed by atoms with Gasteiger partial charge in [-0.1, -0.05) is 50.3 Å². The van der Waals surface area contributed by atoms with Crippen molar-refractivity contribution in [1.82, 2.24) is 0 Å². The zero-order chi connectivity index (χ0) is 12.4. The van der Waals surface area contributed by atoms with Crippen LogP contribution < -0.4 is 10.5 Å². The molecule has 1 heterocycles. The van der Waals surface area contributed by atoms with Gasteiger partial charge in [0.05, 0.1) is 6.61 Å². The zero-order valence-corrected chi connectivity index (χ0v) is 11.0. The zero-order valence-electron chi connectivity index (χ0n) is 11.0. The molecule has 1 aliphatic heterocycles. The topological polar surface area (TPSA) is 35.2 Å². The lowest BCUT2D eigenvalue weighted by atomic mass is 9.81. The third-order valence-corrected chi connectivity index (χ3v) is 4.58. The minimum absolute atomic E-state index is 0.261. The number of benzene rings is 1. The normalized spacial score (nSPS) is 25.5. The van der Waals surface area contributed by atoms with E-state index in [-0.39, 0.29) is 6.04 Å². The van der Waals surface area contributed by atoms with Gasteiger partial charge in [0.2, 0.25) is 0 Å². The second-order valence-electron chi connectivity index (χ2n) is 5.86. The molecule has 2 N–H and O–H groups in total. The molecule has 0 saturated heterocycles. The summed E-state index contributed by atoms with van der Waals surface area (Å²) in [7, 11) is 0. The summed E-state index contributed by atoms with van der Waals surface area (Å²) in [5, 5.41) is 0. The van der Waals surface area contributed by atoms with Crippen LogP contribution in [0.25, 0.3) is 0 Å². The molecular weight excluding hydrogens is 222 g/mol. The van der Waals surface area contributed by atoms with Crippen LogP contribution in [0.2, 0.25) is 0 Å². The van der Waals surface area contributed by atoms with Gasteiger partial charge in [-0.25, -0.2) is 0 Å². The second-order valence-corrected chi connectivity index (χ2v) is 5.86. The molecule has 0 radical (unpaired) electrons. The van der Waals surface area contributed by atoms with Crippen molar-refractivity contribution in [3.05, 3.63) is 29.8 Å². The lowest BCUT2D eigenvalue weighted by Crippen LogP contribution is -2.32. The Hall–Kier alpha value is -1.02. The van der Waals surface area contributed by atoms with E-state index in [4.69, 9.17) is 10.5 Å². The third-order valence-electron chi connectivity index (χ3n) is 4.58. The first kappa shape index (κ1) is 12.0. The van der Waals surface area contributed by atoms with Gasteiger partial charge in [-0.2, -0.15) is 0 Å². The van der Waals surface area contributed by atoms with E-state index in [1.54, 1.807) is 0 Å². The van der Waals surface area contributed by atoms with Crippen LogP contribution in [-0.4, -0.2) is 12.6 Å². The molecule has 2 aliphatic rings. The molecule has 1 aromatic rings. The fraction of sp³-hybridized carbons (Fsp3) is 0.625. The third kappa shape index (κ3) is 2.39. The fourth-order valence-corrected chi connectivity index (χ4v) is 3.51. The second kappa shape index (κ2) is 5.31. The summed E-state index contributed by atoms with van der Waals surface area (Å²) in [6, 6.07) is 8.62. The van der Waals surface area contributed by atoms with E-state index in [0.29, 0.717) is 5.92 Å². The van der Waals surface area contributed by atoms with Gasteiger partial charge < -0.3 is 10.5 Å². The number of nitrogens with two attached hydrogens (primary N) is 1. The van der Waals surface area contributed by atoms with Gasteiger partial charge in [-0.05, 0) is 18.4 Å². The largest absolute Gasteiger partial charge is 0.493 e. The molecule has 2 nitrogen and oxygen atoms in total. The highest BCUT2D eigenvalue weighted by Gasteiger charge is 2.30. The van der Waals surface area contributed by atoms with Crippen LogP contribution in [0.1, 0.15) is 50.0 Å². The Morgan fingerprint density at radius 3 is 2.78 bits per heavy atom. The van der Waals surface area contributed by atoms with Crippen LogP contribution in [0.4, 0.5) is 0 Å². The summed E-state index contributed by atoms with van der Waals surface area (Å²) < 4.78 is 5.74. The van der Waals surface area contributed by atoms with E-state index in [9.17, 15) is 0 Å². The first-order valence-electron chi connectivity index (χ1n) is 7.32. The Morgan fingerprint density at radius 1 is 1.17 bits per heavy atom. The highest BCUT2D eigenvalue weighted by Crippen LogP contribution is 2.38. The van der Waals surface area contributed by atoms with Crippen molar-refractivity contribution in [2.45, 2.75) is 50.5 Å². The maximum Gasteiger partial charge on any atom is 0.122 e. The van der Waals surface area contributed by atoms with Gasteiger partial charge in [0.1, 0.15) is 5.75 Å². The minimum Gasteiger partial charge on any atom is -0.493 e. The van der Waals surface area contributed by atoms with Gasteiger partial charge in [0.15, 0.2) is 0 Å². The molecule has 0 aromatic heterocycles. The predicted octanol–water partition coefficient (Wildman–Crippen LogP) is 3.46. The summed E-state index contributed by atoms with van der Waals surface area (Å²) in [6.07, 6.45) is 8.14. The average molecular weight is 245 g/mol. The number of rotatable bonds is 3. The van der Waals surface area contributed by atoms with Crippen LogP contribution in [-0.2, 0) is 0 Å². The van der Waals surface area contributed by atoms with Crippen LogP contribution >= 0.6 is 0 Å². The standard InChI is InChI=1S/C16H23NO/c17-15(10-12-6-2-1-3-7-12)14-11-18-16-9-5-4-8-13(14)16/h4-5,8-9,12,14-15H,1-3,6-7,10-11,17H2. The number of fused-ring (bicyclic) bond motifs is 1. The van der Waals surface area contributed by atoms with Gasteiger partial charge in [0, 0.05) is 17.5 Å². The lowest BCUT2D eigenvalue weighted by molar-refractivity contribution is 0.271. The van der Waals surface area contributed by atoms with E-state index in [1.165, 1.54) is 44.1 Å². The molecule has 3 rings (SSSR count). The summed E-state index contributed by atoms with van der Waals surface area (Å²) in [5.41, 5.74) is 7.76. The van der Waals surface area contributed by atoms with Gasteiger partial charge in [-0.3, -0.25) is 0 Å². The predicted molar refractivity (Wildman–Crippen MR) is 73.8 cm³/mol. The smallest absolute Gasteiger partial charge is 0.122 e. The molecule has 0 bridgehead atoms. The van der Waals surface area contributed by atoms with Crippen molar-refractivity contribution in [3.63, 3.8) is 0 Å². The maximum absolute atomic E-state index is 6.44. The maximum atomic E-state index is 6.44. The molecule has 1 saturated carbocycles. The lowest BCUT2D eigenvalue weighted by Gasteiger charge is -2.27. The monoisotopic (exact) mass is 245 g/mol. The molecule has 18 heavy (non-hydrogen) atoms. The van der Waals surface area contributed by atoms with Crippen molar-refractivity contribution < 1.29 is 4.74 Å². The van der Waals surface area contributed by atoms with Gasteiger partial charge in [-0.15, -0.1) is 0 Å². The Labute approximate surface area is 110 Å². The van der Waals surface area contributed by atoms with Crippen molar-refractivity contribution in [1.29, 1.82) is 0 Å². The van der Waals surface area contributed by atoms with Crippen LogP contribution in [0.3, 0.4) is 0 Å². The highest BCUT2D eigenvalue weighted by molar-refractivity contribution is 5.40. The fourth-order valence-electron chi connectivity index (χ4n) is 3.51. The molecular formula is C16H23NO. The molecule has 0 spiro atoms. The number of hydrogen-bond donors (Lipinski definition) is 1. The molecule has 0 amide bonds. The van der Waals surface area contributed by atoms with Crippen molar-refractivity contribution in [2.75, 3.05) is 6.61 Å². The van der Waals surface area contributed by atoms with Crippen LogP contribution in [0, 0.1) is 5.92 Å². The van der Waals surface area contributed by atoms with E-state index < -0.39 is 0 Å². The summed E-state index contributed by atoms with van der Waals surface area (Å²) in [5.74, 6) is 2.30. The van der Waals surface area contributed by atoms with E-state index in [0.717, 1.165) is 18.3 Å². The average Bonchev–Trinajstić information content (AvgIpc) is 2.84. The number of hydrogen-bond acceptors (Lipinski definition) is 2. The van der Waals surface area contributed by atoms with Crippen LogP contribution in [0.15, 0.2) is 24.3 Å². The van der Waals surface area contributed by atoms with Gasteiger partial charge >= 0.3 is 0 Å². The first-order chi connectivity index (χ1) is 8.84. The minimum atomic E-state index is 0.261. The van der Waals surface area contributed by atoms with E-state index in [1.807, 2.05) is 6.07 Å². The SMILES string of the molecule is NC(CC1CCCCC1)C1COc2ccccc21. The number of ether oxygens (including phenoxy) is 1. The van der Waals surface area contributed by atoms with Crippen molar-refractivity contribution in [3.8, 4) is 5.75 Å². The summed E-state index contributed by atoms with van der Waals surface area (Å²) >= 11 is 0. The van der Waals surface area contributed by atoms with Crippen LogP contribution in [0.5, 0.6) is 5.75 Å². The van der Waals surface area contributed by atoms with E-state index >= 15 is 0 Å². The Kier molecular flexibility index (Phi) is 3.55. The molecule has 1 fully saturated rings. The Bertz CT molecular complexity index is 398. The Balaban J connectivity index is 1.64. The van der Waals surface area contributed by atoms with Gasteiger partial charge in [0.25, 0.3) is 0 Å². The molecule has 2 heteroatoms. The highest BCUT2D eigenvalue weighted by atomic mass is 16.5. The molecule has 1 aromatic carbocycles. The van der Waals surface area contributed by atoms with Crippen molar-refractivity contribution >= 4 is 0 Å². The molecule has 2 atom stereocenters. The molecule has 98 valence electrons. The van der Waals surface area contributed by atoms with Crippen molar-refractivity contribution in [2.24, 2.45) is 11.7 Å². The summed E-state index contributed by atoms with van der Waals surface area (Å²) in [4.78, 5) is 0. The Morgan fingerprint density at radius 2 is 1.94 bits per heavy atom. The first-order valence-corrected chi connectivity index (χ1v) is 7.32. The number of para-hydroxylation sites is 1. The molecule has 1 aliphatic carbocycles. The summed E-state index contributed by atoms with van der Waals surface area (Å²) in [6.45, 7) is 0.771.